The molecular weight excluding hydrogens is 440 g/mol. The summed E-state index contributed by atoms with van der Waals surface area (Å²) < 4.78 is 12.0. The highest BCUT2D eigenvalue weighted by Gasteiger charge is 2.58. The van der Waals surface area contributed by atoms with E-state index in [-0.39, 0.29) is 23.0 Å². The molecule has 2 aliphatic carbocycles. The molecule has 1 heterocycles. The van der Waals surface area contributed by atoms with Crippen molar-refractivity contribution in [1.82, 2.24) is 4.98 Å². The number of aromatic nitrogens is 1. The highest BCUT2D eigenvalue weighted by Crippen LogP contribution is 2.64. The van der Waals surface area contributed by atoms with E-state index >= 15 is 0 Å². The number of benzene rings is 2. The lowest BCUT2D eigenvalue weighted by molar-refractivity contribution is -0.116. The standard InChI is InChI=1S/C29H30N2O4/c1-2-26(32)24-17-29(24)14-6-7-19(16-29)25-15-27(23(18-31-25)28(30)33)35-22-12-10-21(11-13-22)34-20-8-4-3-5-9-20/h2-5,8-13,15,18-19,24,28,33H,1,6-7,14,16-17,30H2. The maximum Gasteiger partial charge on any atom is 0.158 e. The number of pyridine rings is 1. The molecule has 4 unspecified atom stereocenters. The maximum absolute atomic E-state index is 12.2. The normalized spacial score (nSPS) is 23.9. The summed E-state index contributed by atoms with van der Waals surface area (Å²) in [5.74, 6) is 3.02. The van der Waals surface area contributed by atoms with Gasteiger partial charge in [-0.1, -0.05) is 31.2 Å². The average molecular weight is 471 g/mol. The van der Waals surface area contributed by atoms with Crippen LogP contribution in [0.4, 0.5) is 0 Å². The minimum absolute atomic E-state index is 0.0809. The van der Waals surface area contributed by atoms with E-state index in [0.29, 0.717) is 22.8 Å². The molecule has 3 N–H and O–H groups in total. The summed E-state index contributed by atoms with van der Waals surface area (Å²) >= 11 is 0. The van der Waals surface area contributed by atoms with E-state index < -0.39 is 6.23 Å². The molecule has 4 atom stereocenters. The Labute approximate surface area is 205 Å². The van der Waals surface area contributed by atoms with Crippen LogP contribution in [-0.4, -0.2) is 15.9 Å². The van der Waals surface area contributed by atoms with E-state index in [1.807, 2.05) is 60.7 Å². The monoisotopic (exact) mass is 470 g/mol. The molecule has 2 aliphatic rings. The molecular formula is C29H30N2O4. The van der Waals surface area contributed by atoms with Gasteiger partial charge in [-0.3, -0.25) is 9.78 Å². The fraction of sp³-hybridized carbons (Fsp3) is 0.310. The number of aliphatic hydroxyl groups is 1. The summed E-state index contributed by atoms with van der Waals surface area (Å²) in [6.45, 7) is 3.66. The third-order valence-electron chi connectivity index (χ3n) is 7.30. The molecule has 6 nitrogen and oxygen atoms in total. The van der Waals surface area contributed by atoms with Crippen molar-refractivity contribution >= 4 is 5.78 Å². The Morgan fingerprint density at radius 2 is 1.77 bits per heavy atom. The number of nitrogens with two attached hydrogens (primary N) is 1. The fourth-order valence-electron chi connectivity index (χ4n) is 5.37. The lowest BCUT2D eigenvalue weighted by atomic mass is 9.75. The second-order valence-corrected chi connectivity index (χ2v) is 9.60. The minimum atomic E-state index is -1.21. The van der Waals surface area contributed by atoms with Gasteiger partial charge >= 0.3 is 0 Å². The first-order chi connectivity index (χ1) is 17.0. The first-order valence-electron chi connectivity index (χ1n) is 12.1. The number of carbonyl (C=O) groups is 1. The van der Waals surface area contributed by atoms with Crippen molar-refractivity contribution in [3.8, 4) is 23.0 Å². The Morgan fingerprint density at radius 3 is 2.46 bits per heavy atom. The van der Waals surface area contributed by atoms with Gasteiger partial charge < -0.3 is 20.3 Å². The van der Waals surface area contributed by atoms with Crippen molar-refractivity contribution in [3.63, 3.8) is 0 Å². The largest absolute Gasteiger partial charge is 0.457 e. The first kappa shape index (κ1) is 23.3. The van der Waals surface area contributed by atoms with Gasteiger partial charge in [-0.25, -0.2) is 0 Å². The van der Waals surface area contributed by atoms with E-state index in [1.165, 1.54) is 6.08 Å². The molecule has 5 rings (SSSR count). The summed E-state index contributed by atoms with van der Waals surface area (Å²) in [5.41, 5.74) is 7.21. The molecule has 6 heteroatoms. The van der Waals surface area contributed by atoms with Gasteiger partial charge in [-0.05, 0) is 73.6 Å². The number of ketones is 1. The summed E-state index contributed by atoms with van der Waals surface area (Å²) in [6.07, 6.45) is 6.88. The molecule has 0 bridgehead atoms. The van der Waals surface area contributed by atoms with Crippen LogP contribution in [0.5, 0.6) is 23.0 Å². The van der Waals surface area contributed by atoms with E-state index in [2.05, 4.69) is 11.6 Å². The molecule has 0 aliphatic heterocycles. The van der Waals surface area contributed by atoms with Crippen molar-refractivity contribution in [3.05, 3.63) is 90.8 Å². The van der Waals surface area contributed by atoms with Gasteiger partial charge in [0.1, 0.15) is 29.2 Å². The number of allylic oxidation sites excluding steroid dienone is 1. The van der Waals surface area contributed by atoms with Gasteiger partial charge in [0.05, 0.1) is 5.56 Å². The second kappa shape index (κ2) is 9.64. The number of carbonyl (C=O) groups excluding carboxylic acids is 1. The second-order valence-electron chi connectivity index (χ2n) is 9.60. The highest BCUT2D eigenvalue weighted by molar-refractivity contribution is 5.94. The molecule has 1 spiro atoms. The average Bonchev–Trinajstić information content (AvgIpc) is 3.57. The SMILES string of the molecule is C=CC(=O)C1CC12CCCC(c1cc(Oc3ccc(Oc4ccccc4)cc3)c(C(N)O)cn1)C2. The molecule has 1 aromatic heterocycles. The third kappa shape index (κ3) is 4.99. The predicted molar refractivity (Wildman–Crippen MR) is 133 cm³/mol. The van der Waals surface area contributed by atoms with Gasteiger partial charge in [0.2, 0.25) is 0 Å². The number of aliphatic hydroxyl groups excluding tert-OH is 1. The number of nitrogens with zero attached hydrogens (tertiary/aromatic N) is 1. The van der Waals surface area contributed by atoms with E-state index in [1.54, 1.807) is 6.20 Å². The molecule has 180 valence electrons. The van der Waals surface area contributed by atoms with E-state index in [4.69, 9.17) is 15.2 Å². The summed E-state index contributed by atoms with van der Waals surface area (Å²) in [4.78, 5) is 16.8. The molecule has 0 saturated heterocycles. The molecule has 2 fully saturated rings. The van der Waals surface area contributed by atoms with Gasteiger partial charge in [0.25, 0.3) is 0 Å². The zero-order chi connectivity index (χ0) is 24.4. The van der Waals surface area contributed by atoms with Crippen LogP contribution in [-0.2, 0) is 4.79 Å². The van der Waals surface area contributed by atoms with Gasteiger partial charge in [-0.2, -0.15) is 0 Å². The number of hydrogen-bond acceptors (Lipinski definition) is 6. The molecule has 3 aromatic rings. The highest BCUT2D eigenvalue weighted by atomic mass is 16.5. The third-order valence-corrected chi connectivity index (χ3v) is 7.30. The van der Waals surface area contributed by atoms with Crippen LogP contribution >= 0.6 is 0 Å². The quantitative estimate of drug-likeness (QED) is 0.308. The van der Waals surface area contributed by atoms with Gasteiger partial charge in [0, 0.05) is 29.8 Å². The zero-order valence-electron chi connectivity index (χ0n) is 19.6. The summed E-state index contributed by atoms with van der Waals surface area (Å²) in [7, 11) is 0. The zero-order valence-corrected chi connectivity index (χ0v) is 19.6. The van der Waals surface area contributed by atoms with Crippen molar-refractivity contribution in [2.45, 2.75) is 44.2 Å². The topological polar surface area (TPSA) is 94.7 Å². The Bertz CT molecular complexity index is 1210. The van der Waals surface area contributed by atoms with Crippen LogP contribution < -0.4 is 15.2 Å². The lowest BCUT2D eigenvalue weighted by Crippen LogP contribution is -2.20. The Balaban J connectivity index is 1.33. The number of rotatable bonds is 8. The van der Waals surface area contributed by atoms with Crippen molar-refractivity contribution < 1.29 is 19.4 Å². The molecule has 35 heavy (non-hydrogen) atoms. The van der Waals surface area contributed by atoms with Gasteiger partial charge in [0.15, 0.2) is 5.78 Å². The smallest absolute Gasteiger partial charge is 0.158 e. The maximum atomic E-state index is 12.2. The van der Waals surface area contributed by atoms with Gasteiger partial charge in [-0.15, -0.1) is 0 Å². The first-order valence-corrected chi connectivity index (χ1v) is 12.1. The van der Waals surface area contributed by atoms with Crippen molar-refractivity contribution in [2.24, 2.45) is 17.1 Å². The van der Waals surface area contributed by atoms with Crippen LogP contribution in [0.25, 0.3) is 0 Å². The molecule has 0 radical (unpaired) electrons. The van der Waals surface area contributed by atoms with Crippen molar-refractivity contribution in [1.29, 1.82) is 0 Å². The minimum Gasteiger partial charge on any atom is -0.457 e. The summed E-state index contributed by atoms with van der Waals surface area (Å²) in [6, 6.07) is 18.7. The molecule has 0 amide bonds. The number of para-hydroxylation sites is 1. The number of hydrogen-bond donors (Lipinski definition) is 2. The van der Waals surface area contributed by atoms with Crippen molar-refractivity contribution in [2.75, 3.05) is 0 Å². The van der Waals surface area contributed by atoms with E-state index in [9.17, 15) is 9.90 Å². The van der Waals surface area contributed by atoms with Crippen LogP contribution in [0, 0.1) is 11.3 Å². The van der Waals surface area contributed by atoms with Crippen LogP contribution in [0.1, 0.15) is 55.5 Å². The lowest BCUT2D eigenvalue weighted by Gasteiger charge is -2.30. The Kier molecular flexibility index (Phi) is 6.41. The number of ether oxygens (including phenoxy) is 2. The Morgan fingerprint density at radius 1 is 1.09 bits per heavy atom. The van der Waals surface area contributed by atoms with Crippen LogP contribution in [0.3, 0.4) is 0 Å². The van der Waals surface area contributed by atoms with E-state index in [0.717, 1.165) is 43.5 Å². The Hall–Kier alpha value is -3.48. The molecule has 2 aromatic carbocycles. The summed E-state index contributed by atoms with van der Waals surface area (Å²) in [5, 5.41) is 10.1. The van der Waals surface area contributed by atoms with Crippen LogP contribution in [0.15, 0.2) is 79.5 Å². The van der Waals surface area contributed by atoms with Crippen LogP contribution in [0.2, 0.25) is 0 Å². The predicted octanol–water partition coefficient (Wildman–Crippen LogP) is 6.03. The molecule has 2 saturated carbocycles. The fourth-order valence-corrected chi connectivity index (χ4v) is 5.37.